The molecule has 0 saturated carbocycles. The van der Waals surface area contributed by atoms with Gasteiger partial charge in [-0.15, -0.1) is 11.3 Å². The molecule has 0 aliphatic rings. The van der Waals surface area contributed by atoms with E-state index in [-0.39, 0.29) is 6.61 Å². The number of halogens is 2. The number of rotatable bonds is 4. The summed E-state index contributed by atoms with van der Waals surface area (Å²) < 4.78 is 6.41. The molecule has 1 heterocycles. The van der Waals surface area contributed by atoms with Gasteiger partial charge in [-0.2, -0.15) is 0 Å². The maximum absolute atomic E-state index is 10.3. The number of hydrogen-bond acceptors (Lipinski definition) is 4. The van der Waals surface area contributed by atoms with Gasteiger partial charge in [0.1, 0.15) is 0 Å². The minimum absolute atomic E-state index is 0.177. The Morgan fingerprint density at radius 2 is 2.14 bits per heavy atom. The number of hydrogen-bond donors (Lipinski definition) is 2. The number of aliphatic hydroxyl groups is 1. The lowest BCUT2D eigenvalue weighted by molar-refractivity contribution is -0.139. The van der Waals surface area contributed by atoms with Crippen LogP contribution in [0.5, 0.6) is 5.75 Å². The molecule has 14 heavy (non-hydrogen) atoms. The first-order chi connectivity index (χ1) is 6.56. The zero-order valence-electron chi connectivity index (χ0n) is 6.79. The monoisotopic (exact) mass is 344 g/mol. The highest BCUT2D eigenvalue weighted by Gasteiger charge is 2.16. The predicted octanol–water partition coefficient (Wildman–Crippen LogP) is 2.23. The van der Waals surface area contributed by atoms with Gasteiger partial charge in [-0.3, -0.25) is 0 Å². The Hall–Kier alpha value is -0.110. The van der Waals surface area contributed by atoms with Crippen molar-refractivity contribution in [2.24, 2.45) is 0 Å². The van der Waals surface area contributed by atoms with E-state index in [9.17, 15) is 4.79 Å². The van der Waals surface area contributed by atoms with Crippen molar-refractivity contribution in [2.45, 2.75) is 6.61 Å². The number of ether oxygens (including phenoxy) is 1. The van der Waals surface area contributed by atoms with Crippen LogP contribution in [0.1, 0.15) is 4.88 Å². The maximum Gasteiger partial charge on any atom is 0.341 e. The minimum Gasteiger partial charge on any atom is -0.479 e. The summed E-state index contributed by atoms with van der Waals surface area (Å²) in [6.07, 6.45) is 0. The van der Waals surface area contributed by atoms with Gasteiger partial charge in [-0.25, -0.2) is 4.79 Å². The molecule has 78 valence electrons. The number of aliphatic carboxylic acids is 1. The Morgan fingerprint density at radius 1 is 1.50 bits per heavy atom. The number of carbonyl (C=O) groups is 1. The van der Waals surface area contributed by atoms with Crippen LogP contribution in [-0.4, -0.2) is 22.8 Å². The van der Waals surface area contributed by atoms with Gasteiger partial charge in [-0.1, -0.05) is 0 Å². The van der Waals surface area contributed by atoms with Crippen LogP contribution in [-0.2, 0) is 11.4 Å². The molecule has 0 aromatic carbocycles. The van der Waals surface area contributed by atoms with E-state index in [1.165, 1.54) is 11.3 Å². The van der Waals surface area contributed by atoms with Gasteiger partial charge in [0.05, 0.1) is 19.7 Å². The Balaban J connectivity index is 2.88. The van der Waals surface area contributed by atoms with E-state index < -0.39 is 12.6 Å². The van der Waals surface area contributed by atoms with Gasteiger partial charge in [-0.05, 0) is 31.9 Å². The molecule has 1 rings (SSSR count). The zero-order chi connectivity index (χ0) is 10.7. The largest absolute Gasteiger partial charge is 0.479 e. The van der Waals surface area contributed by atoms with Crippen LogP contribution in [0.25, 0.3) is 0 Å². The summed E-state index contributed by atoms with van der Waals surface area (Å²) in [5.74, 6) is -0.671. The molecule has 1 aromatic rings. The van der Waals surface area contributed by atoms with Crippen LogP contribution in [0.15, 0.2) is 8.26 Å². The van der Waals surface area contributed by atoms with E-state index in [0.29, 0.717) is 15.1 Å². The summed E-state index contributed by atoms with van der Waals surface area (Å²) >= 11 is 7.77. The Labute approximate surface area is 101 Å². The van der Waals surface area contributed by atoms with Crippen molar-refractivity contribution in [3.8, 4) is 5.75 Å². The fourth-order valence-corrected chi connectivity index (χ4v) is 3.00. The van der Waals surface area contributed by atoms with E-state index >= 15 is 0 Å². The Kier molecular flexibility index (Phi) is 4.36. The average Bonchev–Trinajstić information content (AvgIpc) is 2.40. The molecule has 0 saturated heterocycles. The molecular weight excluding hydrogens is 340 g/mol. The van der Waals surface area contributed by atoms with Crippen LogP contribution < -0.4 is 4.74 Å². The molecule has 0 amide bonds. The van der Waals surface area contributed by atoms with Gasteiger partial charge >= 0.3 is 5.97 Å². The number of carboxylic acids is 1. The molecular formula is C7H6Br2O4S. The smallest absolute Gasteiger partial charge is 0.341 e. The topological polar surface area (TPSA) is 66.8 Å². The van der Waals surface area contributed by atoms with Gasteiger partial charge < -0.3 is 14.9 Å². The van der Waals surface area contributed by atoms with Gasteiger partial charge in [0, 0.05) is 0 Å². The second-order valence-corrected chi connectivity index (χ2v) is 5.50. The minimum atomic E-state index is -1.05. The van der Waals surface area contributed by atoms with Crippen molar-refractivity contribution in [3.05, 3.63) is 13.1 Å². The highest BCUT2D eigenvalue weighted by Crippen LogP contribution is 2.43. The summed E-state index contributed by atoms with van der Waals surface area (Å²) in [5, 5.41) is 17.4. The normalized spacial score (nSPS) is 10.2. The molecule has 4 nitrogen and oxygen atoms in total. The Morgan fingerprint density at radius 3 is 2.64 bits per heavy atom. The molecule has 2 N–H and O–H groups in total. The van der Waals surface area contributed by atoms with E-state index in [1.54, 1.807) is 0 Å². The molecule has 0 atom stereocenters. The quantitative estimate of drug-likeness (QED) is 0.878. The summed E-state index contributed by atoms with van der Waals surface area (Å²) in [6.45, 7) is -0.599. The maximum atomic E-state index is 10.3. The van der Waals surface area contributed by atoms with Crippen LogP contribution in [0.3, 0.4) is 0 Å². The first-order valence-corrected chi connectivity index (χ1v) is 5.88. The van der Waals surface area contributed by atoms with Crippen LogP contribution in [0.4, 0.5) is 0 Å². The van der Waals surface area contributed by atoms with Crippen LogP contribution >= 0.6 is 43.2 Å². The van der Waals surface area contributed by atoms with Crippen molar-refractivity contribution in [1.29, 1.82) is 0 Å². The highest BCUT2D eigenvalue weighted by molar-refractivity contribution is 9.13. The predicted molar refractivity (Wildman–Crippen MR) is 58.8 cm³/mol. The van der Waals surface area contributed by atoms with E-state index in [0.717, 1.165) is 3.79 Å². The van der Waals surface area contributed by atoms with Crippen LogP contribution in [0.2, 0.25) is 0 Å². The molecule has 0 aliphatic carbocycles. The lowest BCUT2D eigenvalue weighted by Gasteiger charge is -2.03. The fraction of sp³-hybridized carbons (Fsp3) is 0.286. The second kappa shape index (κ2) is 5.11. The third kappa shape index (κ3) is 2.69. The number of carboxylic acid groups (broad SMARTS) is 1. The average molecular weight is 346 g/mol. The standard InChI is InChI=1S/C7H6Br2O4S/c8-5-6(13-2-4(11)12)3(1-10)14-7(5)9/h10H,1-2H2,(H,11,12). The molecule has 0 bridgehead atoms. The van der Waals surface area contributed by atoms with Gasteiger partial charge in [0.2, 0.25) is 0 Å². The van der Waals surface area contributed by atoms with Crippen molar-refractivity contribution in [3.63, 3.8) is 0 Å². The van der Waals surface area contributed by atoms with Crippen LogP contribution in [0, 0.1) is 0 Å². The SMILES string of the molecule is O=C(O)COc1c(CO)sc(Br)c1Br. The second-order valence-electron chi connectivity index (χ2n) is 2.28. The zero-order valence-corrected chi connectivity index (χ0v) is 10.8. The molecule has 0 fully saturated rings. The first-order valence-electron chi connectivity index (χ1n) is 3.48. The summed E-state index contributed by atoms with van der Waals surface area (Å²) in [4.78, 5) is 10.9. The molecule has 1 aromatic heterocycles. The lowest BCUT2D eigenvalue weighted by Crippen LogP contribution is -2.10. The van der Waals surface area contributed by atoms with E-state index in [1.807, 2.05) is 0 Å². The molecule has 0 unspecified atom stereocenters. The van der Waals surface area contributed by atoms with Gasteiger partial charge in [0.15, 0.2) is 12.4 Å². The Bertz CT molecular complexity index is 350. The molecule has 7 heteroatoms. The third-order valence-corrected chi connectivity index (χ3v) is 4.70. The third-order valence-electron chi connectivity index (χ3n) is 1.32. The van der Waals surface area contributed by atoms with E-state index in [2.05, 4.69) is 31.9 Å². The molecule has 0 radical (unpaired) electrons. The van der Waals surface area contributed by atoms with E-state index in [4.69, 9.17) is 14.9 Å². The van der Waals surface area contributed by atoms with Crippen molar-refractivity contribution in [1.82, 2.24) is 0 Å². The lowest BCUT2D eigenvalue weighted by atomic mass is 10.4. The van der Waals surface area contributed by atoms with Gasteiger partial charge in [0.25, 0.3) is 0 Å². The number of aliphatic hydroxyl groups excluding tert-OH is 1. The first kappa shape index (κ1) is 12.0. The molecule has 0 spiro atoms. The highest BCUT2D eigenvalue weighted by atomic mass is 79.9. The van der Waals surface area contributed by atoms with Crippen molar-refractivity contribution >= 4 is 49.2 Å². The fourth-order valence-electron chi connectivity index (χ4n) is 0.793. The molecule has 0 aliphatic heterocycles. The summed E-state index contributed by atoms with van der Waals surface area (Å²) in [7, 11) is 0. The summed E-state index contributed by atoms with van der Waals surface area (Å²) in [5.41, 5.74) is 0. The number of thiophene rings is 1. The van der Waals surface area contributed by atoms with Crippen molar-refractivity contribution < 1.29 is 19.7 Å². The van der Waals surface area contributed by atoms with Crippen molar-refractivity contribution in [2.75, 3.05) is 6.61 Å². The summed E-state index contributed by atoms with van der Waals surface area (Å²) in [6, 6.07) is 0.